The third-order valence-corrected chi connectivity index (χ3v) is 4.17. The molecule has 3 heteroatoms. The first-order valence-electron chi connectivity index (χ1n) is 6.85. The smallest absolute Gasteiger partial charge is 0.0587 e. The summed E-state index contributed by atoms with van der Waals surface area (Å²) in [7, 11) is 1.76. The number of hydrogen-bond donors (Lipinski definition) is 1. The minimum absolute atomic E-state index is 0.825. The standard InChI is InChI=1S/C13H26N2O/c1-16-11-8-14-7-10-15-9-3-5-12-4-2-6-13(12)15/h12-14H,2-11H2,1H3. The van der Waals surface area contributed by atoms with Gasteiger partial charge >= 0.3 is 0 Å². The van der Waals surface area contributed by atoms with Crippen LogP contribution in [0.3, 0.4) is 0 Å². The van der Waals surface area contributed by atoms with Crippen LogP contribution in [0.2, 0.25) is 0 Å². The van der Waals surface area contributed by atoms with Crippen molar-refractivity contribution in [1.82, 2.24) is 10.2 Å². The zero-order valence-electron chi connectivity index (χ0n) is 10.6. The van der Waals surface area contributed by atoms with Gasteiger partial charge in [-0.25, -0.2) is 0 Å². The number of rotatable bonds is 6. The van der Waals surface area contributed by atoms with E-state index in [2.05, 4.69) is 10.2 Å². The third-order valence-electron chi connectivity index (χ3n) is 4.17. The van der Waals surface area contributed by atoms with Crippen molar-refractivity contribution in [2.24, 2.45) is 5.92 Å². The predicted molar refractivity (Wildman–Crippen MR) is 66.7 cm³/mol. The average molecular weight is 226 g/mol. The van der Waals surface area contributed by atoms with E-state index in [9.17, 15) is 0 Å². The molecule has 3 nitrogen and oxygen atoms in total. The molecule has 1 heterocycles. The van der Waals surface area contributed by atoms with Crippen molar-refractivity contribution in [3.8, 4) is 0 Å². The number of piperidine rings is 1. The number of methoxy groups -OCH3 is 1. The molecule has 1 saturated carbocycles. The Hall–Kier alpha value is -0.120. The maximum absolute atomic E-state index is 5.03. The Kier molecular flexibility index (Phi) is 5.07. The van der Waals surface area contributed by atoms with Crippen molar-refractivity contribution < 1.29 is 4.74 Å². The Morgan fingerprint density at radius 2 is 2.06 bits per heavy atom. The first-order valence-corrected chi connectivity index (χ1v) is 6.85. The fourth-order valence-electron chi connectivity index (χ4n) is 3.36. The molecule has 2 aliphatic rings. The molecule has 2 rings (SSSR count). The zero-order chi connectivity index (χ0) is 11.2. The second kappa shape index (κ2) is 6.58. The lowest BCUT2D eigenvalue weighted by Crippen LogP contribution is -2.45. The van der Waals surface area contributed by atoms with Crippen LogP contribution in [0.1, 0.15) is 32.1 Å². The lowest BCUT2D eigenvalue weighted by Gasteiger charge is -2.37. The summed E-state index contributed by atoms with van der Waals surface area (Å²) in [5, 5.41) is 3.45. The summed E-state index contributed by atoms with van der Waals surface area (Å²) < 4.78 is 5.03. The molecular weight excluding hydrogens is 200 g/mol. The van der Waals surface area contributed by atoms with E-state index in [1.54, 1.807) is 7.11 Å². The first kappa shape index (κ1) is 12.3. The summed E-state index contributed by atoms with van der Waals surface area (Å²) >= 11 is 0. The largest absolute Gasteiger partial charge is 0.383 e. The van der Waals surface area contributed by atoms with Gasteiger partial charge in [-0.1, -0.05) is 6.42 Å². The number of ether oxygens (including phenoxy) is 1. The molecule has 0 aromatic heterocycles. The molecule has 2 fully saturated rings. The highest BCUT2D eigenvalue weighted by Crippen LogP contribution is 2.36. The van der Waals surface area contributed by atoms with Crippen LogP contribution in [-0.4, -0.2) is 50.8 Å². The number of hydrogen-bond acceptors (Lipinski definition) is 3. The highest BCUT2D eigenvalue weighted by molar-refractivity contribution is 4.89. The monoisotopic (exact) mass is 226 g/mol. The number of nitrogens with zero attached hydrogens (tertiary/aromatic N) is 1. The fraction of sp³-hybridized carbons (Fsp3) is 1.00. The highest BCUT2D eigenvalue weighted by Gasteiger charge is 2.34. The Morgan fingerprint density at radius 1 is 1.19 bits per heavy atom. The zero-order valence-corrected chi connectivity index (χ0v) is 10.6. The van der Waals surface area contributed by atoms with E-state index in [0.29, 0.717) is 0 Å². The lowest BCUT2D eigenvalue weighted by molar-refractivity contribution is 0.113. The predicted octanol–water partition coefficient (Wildman–Crippen LogP) is 1.49. The first-order chi connectivity index (χ1) is 7.92. The van der Waals surface area contributed by atoms with Gasteiger partial charge in [-0.05, 0) is 38.1 Å². The minimum atomic E-state index is 0.825. The maximum Gasteiger partial charge on any atom is 0.0587 e. The van der Waals surface area contributed by atoms with Crippen molar-refractivity contribution in [1.29, 1.82) is 0 Å². The lowest BCUT2D eigenvalue weighted by atomic mass is 9.92. The molecule has 1 aliphatic heterocycles. The van der Waals surface area contributed by atoms with Gasteiger partial charge in [0, 0.05) is 32.8 Å². The van der Waals surface area contributed by atoms with Gasteiger partial charge in [-0.2, -0.15) is 0 Å². The van der Waals surface area contributed by atoms with E-state index < -0.39 is 0 Å². The highest BCUT2D eigenvalue weighted by atomic mass is 16.5. The Labute approximate surface area is 99.5 Å². The van der Waals surface area contributed by atoms with Gasteiger partial charge < -0.3 is 10.1 Å². The summed E-state index contributed by atoms with van der Waals surface area (Å²) in [6, 6.07) is 0.915. The fourth-order valence-corrected chi connectivity index (χ4v) is 3.36. The molecule has 0 amide bonds. The van der Waals surface area contributed by atoms with E-state index in [0.717, 1.165) is 31.7 Å². The molecule has 1 aliphatic carbocycles. The van der Waals surface area contributed by atoms with Crippen molar-refractivity contribution >= 4 is 0 Å². The summed E-state index contributed by atoms with van der Waals surface area (Å²) in [5.41, 5.74) is 0. The van der Waals surface area contributed by atoms with Gasteiger partial charge in [0.1, 0.15) is 0 Å². The van der Waals surface area contributed by atoms with Crippen LogP contribution >= 0.6 is 0 Å². The molecule has 16 heavy (non-hydrogen) atoms. The number of fused-ring (bicyclic) bond motifs is 1. The molecule has 94 valence electrons. The Morgan fingerprint density at radius 3 is 2.94 bits per heavy atom. The van der Waals surface area contributed by atoms with Gasteiger partial charge in [0.2, 0.25) is 0 Å². The summed E-state index contributed by atoms with van der Waals surface area (Å²) in [6.07, 6.45) is 7.29. The van der Waals surface area contributed by atoms with Crippen molar-refractivity contribution in [2.75, 3.05) is 39.9 Å². The van der Waals surface area contributed by atoms with Crippen molar-refractivity contribution in [2.45, 2.75) is 38.1 Å². The maximum atomic E-state index is 5.03. The van der Waals surface area contributed by atoms with Crippen LogP contribution in [0.15, 0.2) is 0 Å². The van der Waals surface area contributed by atoms with E-state index in [4.69, 9.17) is 4.74 Å². The SMILES string of the molecule is COCCNCCN1CCCC2CCCC21. The topological polar surface area (TPSA) is 24.5 Å². The minimum Gasteiger partial charge on any atom is -0.383 e. The summed E-state index contributed by atoms with van der Waals surface area (Å²) in [5.74, 6) is 1.02. The number of nitrogens with one attached hydrogen (secondary N) is 1. The molecule has 2 atom stereocenters. The van der Waals surface area contributed by atoms with Gasteiger partial charge in [-0.3, -0.25) is 4.90 Å². The van der Waals surface area contributed by atoms with Crippen molar-refractivity contribution in [3.63, 3.8) is 0 Å². The average Bonchev–Trinajstić information content (AvgIpc) is 2.77. The van der Waals surface area contributed by atoms with Crippen LogP contribution in [0, 0.1) is 5.92 Å². The van der Waals surface area contributed by atoms with Gasteiger partial charge in [-0.15, -0.1) is 0 Å². The molecule has 2 unspecified atom stereocenters. The van der Waals surface area contributed by atoms with Gasteiger partial charge in [0.25, 0.3) is 0 Å². The van der Waals surface area contributed by atoms with E-state index in [1.165, 1.54) is 45.2 Å². The van der Waals surface area contributed by atoms with Crippen molar-refractivity contribution in [3.05, 3.63) is 0 Å². The van der Waals surface area contributed by atoms with Crippen LogP contribution in [-0.2, 0) is 4.74 Å². The normalized spacial score (nSPS) is 30.6. The van der Waals surface area contributed by atoms with Crippen LogP contribution in [0.4, 0.5) is 0 Å². The van der Waals surface area contributed by atoms with E-state index in [-0.39, 0.29) is 0 Å². The molecule has 0 aromatic carbocycles. The summed E-state index contributed by atoms with van der Waals surface area (Å²) in [4.78, 5) is 2.72. The van der Waals surface area contributed by atoms with Crippen LogP contribution in [0.25, 0.3) is 0 Å². The third kappa shape index (κ3) is 3.19. The second-order valence-corrected chi connectivity index (χ2v) is 5.18. The quantitative estimate of drug-likeness (QED) is 0.694. The Balaban J connectivity index is 1.64. The van der Waals surface area contributed by atoms with Crippen LogP contribution < -0.4 is 5.32 Å². The molecule has 0 bridgehead atoms. The molecular formula is C13H26N2O. The van der Waals surface area contributed by atoms with E-state index >= 15 is 0 Å². The Bertz CT molecular complexity index is 198. The molecule has 0 radical (unpaired) electrons. The number of likely N-dealkylation sites (tertiary alicyclic amines) is 1. The summed E-state index contributed by atoms with van der Waals surface area (Å²) in [6.45, 7) is 5.48. The molecule has 1 saturated heterocycles. The molecule has 0 spiro atoms. The second-order valence-electron chi connectivity index (χ2n) is 5.18. The van der Waals surface area contributed by atoms with Gasteiger partial charge in [0.05, 0.1) is 6.61 Å². The molecule has 1 N–H and O–H groups in total. The van der Waals surface area contributed by atoms with Crippen LogP contribution in [0.5, 0.6) is 0 Å². The van der Waals surface area contributed by atoms with E-state index in [1.807, 2.05) is 0 Å². The van der Waals surface area contributed by atoms with Gasteiger partial charge in [0.15, 0.2) is 0 Å². The molecule has 0 aromatic rings.